The third-order valence-corrected chi connectivity index (χ3v) is 0.612. The Labute approximate surface area is 53.8 Å². The smallest absolute Gasteiger partial charge is 0.147 e. The summed E-state index contributed by atoms with van der Waals surface area (Å²) in [7, 11) is 0. The zero-order valence-electron chi connectivity index (χ0n) is 5.24. The van der Waals surface area contributed by atoms with Gasteiger partial charge >= 0.3 is 0 Å². The molecule has 0 aromatic heterocycles. The lowest BCUT2D eigenvalue weighted by Crippen LogP contribution is -1.72. The van der Waals surface area contributed by atoms with E-state index in [-0.39, 0.29) is 0 Å². The number of allylic oxidation sites excluding steroid dienone is 1. The molecular weight excluding hydrogens is 116 g/mol. The first-order valence-electron chi connectivity index (χ1n) is 2.40. The lowest BCUT2D eigenvalue weighted by molar-refractivity contribution is -0.104. The third-order valence-electron chi connectivity index (χ3n) is 0.612. The average molecular weight is 124 g/mol. The summed E-state index contributed by atoms with van der Waals surface area (Å²) in [6.07, 6.45) is 3.41. The molecule has 48 valence electrons. The Bertz CT molecular complexity index is 158. The van der Waals surface area contributed by atoms with Crippen LogP contribution >= 0.6 is 0 Å². The van der Waals surface area contributed by atoms with Crippen LogP contribution in [0.15, 0.2) is 21.8 Å². The topological polar surface area (TPSA) is 41.8 Å². The van der Waals surface area contributed by atoms with Crippen molar-refractivity contribution in [2.75, 3.05) is 0 Å². The Kier molecular flexibility index (Phi) is 4.22. The minimum Gasteiger partial charge on any atom is -0.298 e. The third kappa shape index (κ3) is 4.61. The van der Waals surface area contributed by atoms with E-state index in [2.05, 4.69) is 16.7 Å². The van der Waals surface area contributed by atoms with Crippen molar-refractivity contribution in [1.82, 2.24) is 0 Å². The van der Waals surface area contributed by atoms with Crippen LogP contribution in [-0.2, 0) is 4.79 Å². The van der Waals surface area contributed by atoms with Crippen LogP contribution in [0, 0.1) is 0 Å². The molecule has 0 bridgehead atoms. The second-order valence-electron chi connectivity index (χ2n) is 1.44. The minimum absolute atomic E-state index is 0.565. The molecule has 3 heteroatoms. The lowest BCUT2D eigenvalue weighted by Gasteiger charge is -1.77. The first-order chi connectivity index (χ1) is 4.31. The number of aldehydes is 1. The highest BCUT2D eigenvalue weighted by Crippen LogP contribution is 1.84. The van der Waals surface area contributed by atoms with Crippen LogP contribution in [0.3, 0.4) is 0 Å². The molecule has 0 spiro atoms. The summed E-state index contributed by atoms with van der Waals surface area (Å²) in [5.74, 6) is 0. The van der Waals surface area contributed by atoms with E-state index in [0.29, 0.717) is 5.57 Å². The number of aliphatic imine (C=N–C) groups is 2. The molecule has 9 heavy (non-hydrogen) atoms. The molecule has 0 aliphatic heterocycles. The monoisotopic (exact) mass is 124 g/mol. The van der Waals surface area contributed by atoms with Crippen LogP contribution in [0.1, 0.15) is 6.92 Å². The van der Waals surface area contributed by atoms with E-state index in [1.54, 1.807) is 6.92 Å². The summed E-state index contributed by atoms with van der Waals surface area (Å²) in [5, 5.41) is 0. The molecule has 0 rings (SSSR count). The molecule has 3 nitrogen and oxygen atoms in total. The predicted octanol–water partition coefficient (Wildman–Crippen LogP) is 0.818. The zero-order valence-corrected chi connectivity index (χ0v) is 5.24. The molecule has 0 radical (unpaired) electrons. The van der Waals surface area contributed by atoms with Gasteiger partial charge in [-0.2, -0.15) is 0 Å². The largest absolute Gasteiger partial charge is 0.298 e. The Morgan fingerprint density at radius 3 is 2.78 bits per heavy atom. The van der Waals surface area contributed by atoms with Crippen LogP contribution < -0.4 is 0 Å². The summed E-state index contributed by atoms with van der Waals surface area (Å²) in [6, 6.07) is 0. The molecule has 0 atom stereocenters. The Morgan fingerprint density at radius 2 is 2.33 bits per heavy atom. The van der Waals surface area contributed by atoms with Gasteiger partial charge in [-0.05, 0) is 13.6 Å². The molecule has 0 fully saturated rings. The SMILES string of the molecule is C=NC=N/C=C(\C)C=O. The van der Waals surface area contributed by atoms with E-state index in [1.807, 2.05) is 0 Å². The van der Waals surface area contributed by atoms with Gasteiger partial charge in [0.05, 0.1) is 0 Å². The van der Waals surface area contributed by atoms with Gasteiger partial charge < -0.3 is 0 Å². The average Bonchev–Trinajstić information content (AvgIpc) is 1.89. The minimum atomic E-state index is 0.565. The fourth-order valence-corrected chi connectivity index (χ4v) is 0.228. The van der Waals surface area contributed by atoms with Gasteiger partial charge in [-0.15, -0.1) is 0 Å². The molecule has 0 heterocycles. The number of rotatable bonds is 3. The molecule has 0 aromatic carbocycles. The highest BCUT2D eigenvalue weighted by Gasteiger charge is 1.76. The van der Waals surface area contributed by atoms with E-state index >= 15 is 0 Å². The molecule has 0 saturated heterocycles. The van der Waals surface area contributed by atoms with E-state index in [4.69, 9.17) is 0 Å². The zero-order chi connectivity index (χ0) is 7.11. The molecule has 0 aromatic rings. The lowest BCUT2D eigenvalue weighted by atomic mass is 10.4. The number of hydrogen-bond donors (Lipinski definition) is 0. The van der Waals surface area contributed by atoms with Gasteiger partial charge in [0, 0.05) is 11.8 Å². The van der Waals surface area contributed by atoms with Gasteiger partial charge in [0.2, 0.25) is 0 Å². The Morgan fingerprint density at radius 1 is 1.67 bits per heavy atom. The van der Waals surface area contributed by atoms with Crippen molar-refractivity contribution in [2.24, 2.45) is 9.98 Å². The molecule has 0 N–H and O–H groups in total. The maximum Gasteiger partial charge on any atom is 0.147 e. The van der Waals surface area contributed by atoms with Gasteiger partial charge in [-0.3, -0.25) is 9.79 Å². The molecule has 0 aliphatic carbocycles. The quantitative estimate of drug-likeness (QED) is 0.237. The van der Waals surface area contributed by atoms with Crippen molar-refractivity contribution < 1.29 is 4.79 Å². The van der Waals surface area contributed by atoms with Gasteiger partial charge in [0.15, 0.2) is 0 Å². The highest BCUT2D eigenvalue weighted by molar-refractivity contribution is 5.72. The summed E-state index contributed by atoms with van der Waals surface area (Å²) < 4.78 is 0. The molecule has 0 aliphatic rings. The molecule has 0 saturated carbocycles. The van der Waals surface area contributed by atoms with E-state index in [9.17, 15) is 4.79 Å². The van der Waals surface area contributed by atoms with Crippen LogP contribution in [0.2, 0.25) is 0 Å². The van der Waals surface area contributed by atoms with Gasteiger partial charge in [0.1, 0.15) is 12.6 Å². The van der Waals surface area contributed by atoms with Crippen molar-refractivity contribution in [1.29, 1.82) is 0 Å². The molecule has 0 amide bonds. The van der Waals surface area contributed by atoms with E-state index in [0.717, 1.165) is 6.29 Å². The van der Waals surface area contributed by atoms with Crippen LogP contribution in [0.25, 0.3) is 0 Å². The fraction of sp³-hybridized carbons (Fsp3) is 0.167. The summed E-state index contributed by atoms with van der Waals surface area (Å²) in [5.41, 5.74) is 0.565. The molecule has 0 unspecified atom stereocenters. The second kappa shape index (κ2) is 4.90. The van der Waals surface area contributed by atoms with Crippen LogP contribution in [0.4, 0.5) is 0 Å². The highest BCUT2D eigenvalue weighted by atomic mass is 16.1. The fourth-order valence-electron chi connectivity index (χ4n) is 0.228. The van der Waals surface area contributed by atoms with Crippen molar-refractivity contribution in [3.63, 3.8) is 0 Å². The summed E-state index contributed by atoms with van der Waals surface area (Å²) in [4.78, 5) is 16.9. The standard InChI is InChI=1S/C6H8N2O/c1-6(4-9)3-8-5-7-2/h3-5H,2H2,1H3/b6-3+,8-5?. The van der Waals surface area contributed by atoms with Crippen molar-refractivity contribution in [3.8, 4) is 0 Å². The summed E-state index contributed by atoms with van der Waals surface area (Å²) >= 11 is 0. The Hall–Kier alpha value is -1.25. The number of hydrogen-bond acceptors (Lipinski definition) is 2. The van der Waals surface area contributed by atoms with Crippen molar-refractivity contribution >= 4 is 19.3 Å². The predicted molar refractivity (Wildman–Crippen MR) is 37.9 cm³/mol. The second-order valence-corrected chi connectivity index (χ2v) is 1.44. The number of carbonyl (C=O) groups is 1. The molecular formula is C6H8N2O. The Balaban J connectivity index is 3.81. The maximum absolute atomic E-state index is 9.91. The van der Waals surface area contributed by atoms with Gasteiger partial charge in [-0.25, -0.2) is 4.99 Å². The van der Waals surface area contributed by atoms with Crippen molar-refractivity contribution in [3.05, 3.63) is 11.8 Å². The van der Waals surface area contributed by atoms with Gasteiger partial charge in [0.25, 0.3) is 0 Å². The number of nitrogens with zero attached hydrogens (tertiary/aromatic N) is 2. The van der Waals surface area contributed by atoms with Crippen molar-refractivity contribution in [2.45, 2.75) is 6.92 Å². The first kappa shape index (κ1) is 7.75. The number of carbonyl (C=O) groups excluding carboxylic acids is 1. The van der Waals surface area contributed by atoms with E-state index in [1.165, 1.54) is 12.5 Å². The first-order valence-corrected chi connectivity index (χ1v) is 2.40. The van der Waals surface area contributed by atoms with Gasteiger partial charge in [-0.1, -0.05) is 0 Å². The van der Waals surface area contributed by atoms with Crippen LogP contribution in [0.5, 0.6) is 0 Å². The van der Waals surface area contributed by atoms with Crippen LogP contribution in [-0.4, -0.2) is 19.3 Å². The summed E-state index contributed by atoms with van der Waals surface area (Å²) in [6.45, 7) is 4.83. The van der Waals surface area contributed by atoms with E-state index < -0.39 is 0 Å². The maximum atomic E-state index is 9.91. The normalized spacial score (nSPS) is 11.9.